The molecule has 1 heterocycles. The van der Waals surface area contributed by atoms with E-state index in [9.17, 15) is 4.39 Å². The summed E-state index contributed by atoms with van der Waals surface area (Å²) in [5, 5.41) is 0.0687. The first kappa shape index (κ1) is 14.0. The predicted molar refractivity (Wildman–Crippen MR) is 86.7 cm³/mol. The van der Waals surface area contributed by atoms with Crippen LogP contribution >= 0.6 is 11.6 Å². The Balaban J connectivity index is 1.73. The number of nitrogen functional groups attached to an aromatic ring is 1. The normalized spacial score (nSPS) is 15.3. The summed E-state index contributed by atoms with van der Waals surface area (Å²) in [6.45, 7) is 3.38. The Morgan fingerprint density at radius 3 is 2.24 bits per heavy atom. The van der Waals surface area contributed by atoms with Gasteiger partial charge in [0.2, 0.25) is 0 Å². The molecule has 0 spiro atoms. The lowest BCUT2D eigenvalue weighted by Gasteiger charge is -2.37. The minimum absolute atomic E-state index is 0.0687. The van der Waals surface area contributed by atoms with E-state index in [1.54, 1.807) is 0 Å². The summed E-state index contributed by atoms with van der Waals surface area (Å²) in [7, 11) is 0. The van der Waals surface area contributed by atoms with E-state index in [0.29, 0.717) is 5.69 Å². The van der Waals surface area contributed by atoms with Crippen molar-refractivity contribution in [3.8, 4) is 0 Å². The van der Waals surface area contributed by atoms with Gasteiger partial charge in [0.25, 0.3) is 0 Å². The number of hydrogen-bond acceptors (Lipinski definition) is 3. The van der Waals surface area contributed by atoms with Crippen molar-refractivity contribution in [2.24, 2.45) is 0 Å². The van der Waals surface area contributed by atoms with Crippen LogP contribution in [0.1, 0.15) is 0 Å². The van der Waals surface area contributed by atoms with Crippen molar-refractivity contribution in [2.75, 3.05) is 41.7 Å². The molecule has 0 aliphatic carbocycles. The van der Waals surface area contributed by atoms with Crippen LogP contribution in [0.2, 0.25) is 5.02 Å². The molecule has 2 aromatic carbocycles. The molecule has 0 aromatic heterocycles. The molecule has 3 rings (SSSR count). The zero-order chi connectivity index (χ0) is 14.8. The van der Waals surface area contributed by atoms with Crippen molar-refractivity contribution >= 4 is 28.7 Å². The monoisotopic (exact) mass is 305 g/mol. The lowest BCUT2D eigenvalue weighted by molar-refractivity contribution is 0.621. The van der Waals surface area contributed by atoms with E-state index in [2.05, 4.69) is 21.9 Å². The van der Waals surface area contributed by atoms with Crippen LogP contribution in [0, 0.1) is 5.82 Å². The molecule has 2 aromatic rings. The van der Waals surface area contributed by atoms with Crippen LogP contribution in [0.25, 0.3) is 0 Å². The average molecular weight is 306 g/mol. The summed E-state index contributed by atoms with van der Waals surface area (Å²) in [4.78, 5) is 4.42. The first-order chi connectivity index (χ1) is 10.1. The molecule has 0 unspecified atom stereocenters. The van der Waals surface area contributed by atoms with E-state index in [1.165, 1.54) is 17.8 Å². The molecule has 1 fully saturated rings. The second-order valence-corrected chi connectivity index (χ2v) is 5.54. The number of piperazine rings is 1. The van der Waals surface area contributed by atoms with Crippen LogP contribution in [0.4, 0.5) is 21.5 Å². The maximum atomic E-state index is 13.6. The predicted octanol–water partition coefficient (Wildman–Crippen LogP) is 3.39. The second kappa shape index (κ2) is 5.82. The molecule has 2 N–H and O–H groups in total. The van der Waals surface area contributed by atoms with Gasteiger partial charge >= 0.3 is 0 Å². The molecule has 110 valence electrons. The number of halogens is 2. The third-order valence-corrected chi connectivity index (χ3v) is 4.10. The van der Waals surface area contributed by atoms with Gasteiger partial charge < -0.3 is 15.5 Å². The Bertz CT molecular complexity index is 625. The fourth-order valence-corrected chi connectivity index (χ4v) is 2.84. The van der Waals surface area contributed by atoms with Crippen LogP contribution in [-0.2, 0) is 0 Å². The molecule has 21 heavy (non-hydrogen) atoms. The summed E-state index contributed by atoms with van der Waals surface area (Å²) < 4.78 is 13.6. The minimum Gasteiger partial charge on any atom is -0.397 e. The Labute approximate surface area is 128 Å². The highest BCUT2D eigenvalue weighted by molar-refractivity contribution is 6.31. The van der Waals surface area contributed by atoms with E-state index in [4.69, 9.17) is 17.3 Å². The van der Waals surface area contributed by atoms with Crippen LogP contribution in [-0.4, -0.2) is 26.2 Å². The van der Waals surface area contributed by atoms with Crippen LogP contribution < -0.4 is 15.5 Å². The van der Waals surface area contributed by atoms with Gasteiger partial charge in [-0.15, -0.1) is 0 Å². The highest BCUT2D eigenvalue weighted by Crippen LogP contribution is 2.30. The molecule has 0 atom stereocenters. The summed E-state index contributed by atoms with van der Waals surface area (Å²) >= 11 is 5.75. The standard InChI is InChI=1S/C16H17ClFN3/c17-13-10-15(19)16(11-14(13)18)21-8-6-20(7-9-21)12-4-2-1-3-5-12/h1-5,10-11H,6-9,19H2. The number of para-hydroxylation sites is 1. The molecule has 0 bridgehead atoms. The van der Waals surface area contributed by atoms with Gasteiger partial charge in [0.1, 0.15) is 5.82 Å². The first-order valence-electron chi connectivity index (χ1n) is 6.94. The molecule has 0 saturated carbocycles. The summed E-state index contributed by atoms with van der Waals surface area (Å²) in [6, 6.07) is 13.2. The van der Waals surface area contributed by atoms with Crippen LogP contribution in [0.3, 0.4) is 0 Å². The van der Waals surface area contributed by atoms with Gasteiger partial charge in [0, 0.05) is 37.9 Å². The van der Waals surface area contributed by atoms with Gasteiger partial charge in [-0.1, -0.05) is 29.8 Å². The van der Waals surface area contributed by atoms with Crippen molar-refractivity contribution in [3.63, 3.8) is 0 Å². The number of benzene rings is 2. The van der Waals surface area contributed by atoms with Gasteiger partial charge in [0.15, 0.2) is 0 Å². The van der Waals surface area contributed by atoms with Crippen molar-refractivity contribution in [3.05, 3.63) is 53.3 Å². The van der Waals surface area contributed by atoms with Gasteiger partial charge in [-0.25, -0.2) is 4.39 Å². The molecule has 0 radical (unpaired) electrons. The molecule has 1 aliphatic rings. The van der Waals surface area contributed by atoms with E-state index < -0.39 is 5.82 Å². The Kier molecular flexibility index (Phi) is 3.88. The summed E-state index contributed by atoms with van der Waals surface area (Å²) in [5.41, 5.74) is 8.42. The van der Waals surface area contributed by atoms with Crippen molar-refractivity contribution < 1.29 is 4.39 Å². The molecule has 5 heteroatoms. The lowest BCUT2D eigenvalue weighted by atomic mass is 10.2. The number of anilines is 3. The molecular weight excluding hydrogens is 289 g/mol. The Hall–Kier alpha value is -1.94. The van der Waals surface area contributed by atoms with Gasteiger partial charge in [-0.3, -0.25) is 0 Å². The molecule has 0 amide bonds. The molecule has 1 aliphatic heterocycles. The van der Waals surface area contributed by atoms with Crippen molar-refractivity contribution in [1.82, 2.24) is 0 Å². The SMILES string of the molecule is Nc1cc(Cl)c(F)cc1N1CCN(c2ccccc2)CC1. The third kappa shape index (κ3) is 2.90. The number of nitrogens with two attached hydrogens (primary N) is 1. The maximum Gasteiger partial charge on any atom is 0.144 e. The quantitative estimate of drug-likeness (QED) is 0.863. The zero-order valence-corrected chi connectivity index (χ0v) is 12.4. The van der Waals surface area contributed by atoms with Crippen molar-refractivity contribution in [1.29, 1.82) is 0 Å². The first-order valence-corrected chi connectivity index (χ1v) is 7.32. The molecular formula is C16H17ClFN3. The van der Waals surface area contributed by atoms with Crippen LogP contribution in [0.5, 0.6) is 0 Å². The Morgan fingerprint density at radius 1 is 0.952 bits per heavy atom. The number of nitrogens with zero attached hydrogens (tertiary/aromatic N) is 2. The fourth-order valence-electron chi connectivity index (χ4n) is 2.67. The highest BCUT2D eigenvalue weighted by atomic mass is 35.5. The zero-order valence-electron chi connectivity index (χ0n) is 11.6. The lowest BCUT2D eigenvalue weighted by Crippen LogP contribution is -2.46. The smallest absolute Gasteiger partial charge is 0.144 e. The molecule has 3 nitrogen and oxygen atoms in total. The van der Waals surface area contributed by atoms with E-state index >= 15 is 0 Å². The summed E-state index contributed by atoms with van der Waals surface area (Å²) in [5.74, 6) is -0.425. The van der Waals surface area contributed by atoms with E-state index in [1.807, 2.05) is 18.2 Å². The third-order valence-electron chi connectivity index (χ3n) is 3.81. The number of hydrogen-bond donors (Lipinski definition) is 1. The second-order valence-electron chi connectivity index (χ2n) is 5.13. The largest absolute Gasteiger partial charge is 0.397 e. The van der Waals surface area contributed by atoms with Crippen LogP contribution in [0.15, 0.2) is 42.5 Å². The summed E-state index contributed by atoms with van der Waals surface area (Å²) in [6.07, 6.45) is 0. The van der Waals surface area contributed by atoms with Gasteiger partial charge in [-0.05, 0) is 18.2 Å². The van der Waals surface area contributed by atoms with E-state index in [-0.39, 0.29) is 5.02 Å². The molecule has 1 saturated heterocycles. The highest BCUT2D eigenvalue weighted by Gasteiger charge is 2.20. The fraction of sp³-hybridized carbons (Fsp3) is 0.250. The van der Waals surface area contributed by atoms with Gasteiger partial charge in [-0.2, -0.15) is 0 Å². The van der Waals surface area contributed by atoms with Crippen molar-refractivity contribution in [2.45, 2.75) is 0 Å². The van der Waals surface area contributed by atoms with Gasteiger partial charge in [0.05, 0.1) is 16.4 Å². The van der Waals surface area contributed by atoms with E-state index in [0.717, 1.165) is 31.9 Å². The topological polar surface area (TPSA) is 32.5 Å². The minimum atomic E-state index is -0.425. The number of rotatable bonds is 2. The maximum absolute atomic E-state index is 13.6. The average Bonchev–Trinajstić information content (AvgIpc) is 2.52. The Morgan fingerprint density at radius 2 is 1.57 bits per heavy atom.